The second-order valence-electron chi connectivity index (χ2n) is 6.28. The van der Waals surface area contributed by atoms with Crippen molar-refractivity contribution in [2.24, 2.45) is 0 Å². The predicted molar refractivity (Wildman–Crippen MR) is 85.6 cm³/mol. The molecule has 1 saturated heterocycles. The molecular weight excluding hydrogens is 287 g/mol. The van der Waals surface area contributed by atoms with Gasteiger partial charge >= 0.3 is 7.12 Å². The van der Waals surface area contributed by atoms with Gasteiger partial charge in [-0.15, -0.1) is 11.3 Å². The first-order valence-corrected chi connectivity index (χ1v) is 7.74. The summed E-state index contributed by atoms with van der Waals surface area (Å²) in [5.41, 5.74) is 0.787. The Morgan fingerprint density at radius 3 is 2.33 bits per heavy atom. The Morgan fingerprint density at radius 2 is 1.90 bits per heavy atom. The number of aldehydes is 1. The van der Waals surface area contributed by atoms with Gasteiger partial charge in [0.15, 0.2) is 6.29 Å². The van der Waals surface area contributed by atoms with Crippen molar-refractivity contribution in [3.05, 3.63) is 26.9 Å². The standard InChI is InChI=1S/C15H21BO4S/c1-10-6-12(9-18)21-13(10)7-11(8-17)16-19-14(2,3)15(4,5)20-16/h6-7,9,17H,8H2,1-5H3. The van der Waals surface area contributed by atoms with E-state index in [0.717, 1.165) is 16.7 Å². The Bertz CT molecular complexity index is 558. The van der Waals surface area contributed by atoms with E-state index >= 15 is 0 Å². The van der Waals surface area contributed by atoms with Gasteiger partial charge in [0.2, 0.25) is 0 Å². The number of aliphatic hydroxyl groups excluding tert-OH is 1. The van der Waals surface area contributed by atoms with Gasteiger partial charge in [-0.25, -0.2) is 0 Å². The largest absolute Gasteiger partial charge is 0.492 e. The number of carbonyl (C=O) groups excluding carboxylic acids is 1. The normalized spacial score (nSPS) is 20.9. The zero-order valence-electron chi connectivity index (χ0n) is 13.1. The molecule has 1 aliphatic heterocycles. The molecular formula is C15H21BO4S. The topological polar surface area (TPSA) is 55.8 Å². The molecule has 4 nitrogen and oxygen atoms in total. The lowest BCUT2D eigenvalue weighted by Crippen LogP contribution is -2.41. The monoisotopic (exact) mass is 308 g/mol. The maximum atomic E-state index is 10.8. The van der Waals surface area contributed by atoms with Crippen molar-refractivity contribution in [1.82, 2.24) is 0 Å². The quantitative estimate of drug-likeness (QED) is 0.686. The molecule has 0 bridgehead atoms. The van der Waals surface area contributed by atoms with Gasteiger partial charge in [0.1, 0.15) is 0 Å². The van der Waals surface area contributed by atoms with E-state index in [1.165, 1.54) is 11.3 Å². The van der Waals surface area contributed by atoms with E-state index in [-0.39, 0.29) is 6.61 Å². The molecule has 1 fully saturated rings. The highest BCUT2D eigenvalue weighted by Crippen LogP contribution is 2.39. The smallest absolute Gasteiger partial charge is 0.400 e. The van der Waals surface area contributed by atoms with Crippen molar-refractivity contribution in [3.63, 3.8) is 0 Å². The van der Waals surface area contributed by atoms with E-state index in [2.05, 4.69) is 0 Å². The minimum atomic E-state index is -0.568. The number of aryl methyl sites for hydroxylation is 1. The second-order valence-corrected chi connectivity index (χ2v) is 7.39. The van der Waals surface area contributed by atoms with Crippen molar-refractivity contribution in [3.8, 4) is 0 Å². The van der Waals surface area contributed by atoms with Gasteiger partial charge in [0, 0.05) is 4.88 Å². The van der Waals surface area contributed by atoms with Crippen LogP contribution in [0.3, 0.4) is 0 Å². The van der Waals surface area contributed by atoms with Crippen molar-refractivity contribution in [2.45, 2.75) is 45.8 Å². The Labute approximate surface area is 129 Å². The molecule has 2 heterocycles. The van der Waals surface area contributed by atoms with Crippen LogP contribution < -0.4 is 0 Å². The summed E-state index contributed by atoms with van der Waals surface area (Å²) < 4.78 is 11.9. The van der Waals surface area contributed by atoms with Gasteiger partial charge < -0.3 is 14.4 Å². The Kier molecular flexibility index (Phi) is 4.45. The highest BCUT2D eigenvalue weighted by atomic mass is 32.1. The van der Waals surface area contributed by atoms with Crippen LogP contribution in [0.4, 0.5) is 0 Å². The maximum absolute atomic E-state index is 10.8. The fourth-order valence-corrected chi connectivity index (χ4v) is 3.04. The molecule has 6 heteroatoms. The van der Waals surface area contributed by atoms with E-state index in [1.807, 2.05) is 46.8 Å². The molecule has 114 valence electrons. The molecule has 0 atom stereocenters. The minimum Gasteiger partial charge on any atom is -0.400 e. The van der Waals surface area contributed by atoms with E-state index in [4.69, 9.17) is 9.31 Å². The van der Waals surface area contributed by atoms with Crippen molar-refractivity contribution >= 4 is 30.8 Å². The van der Waals surface area contributed by atoms with Gasteiger partial charge in [-0.2, -0.15) is 0 Å². The SMILES string of the molecule is Cc1cc(C=O)sc1C=C(CO)B1OC(C)(C)C(C)(C)O1. The van der Waals surface area contributed by atoms with Crippen LogP contribution in [0.15, 0.2) is 11.5 Å². The molecule has 0 amide bonds. The minimum absolute atomic E-state index is 0.148. The van der Waals surface area contributed by atoms with Crippen LogP contribution in [0.5, 0.6) is 0 Å². The van der Waals surface area contributed by atoms with Crippen LogP contribution in [-0.2, 0) is 9.31 Å². The number of carbonyl (C=O) groups is 1. The summed E-state index contributed by atoms with van der Waals surface area (Å²) in [6.07, 6.45) is 2.69. The molecule has 0 unspecified atom stereocenters. The van der Waals surface area contributed by atoms with Crippen LogP contribution in [0.2, 0.25) is 0 Å². The van der Waals surface area contributed by atoms with E-state index < -0.39 is 18.3 Å². The molecule has 0 spiro atoms. The van der Waals surface area contributed by atoms with Crippen LogP contribution in [0, 0.1) is 6.92 Å². The highest BCUT2D eigenvalue weighted by Gasteiger charge is 2.52. The fraction of sp³-hybridized carbons (Fsp3) is 0.533. The summed E-state index contributed by atoms with van der Waals surface area (Å²) in [6.45, 7) is 9.69. The molecule has 0 radical (unpaired) electrons. The molecule has 1 aromatic heterocycles. The third kappa shape index (κ3) is 3.13. The molecule has 0 aliphatic carbocycles. The lowest BCUT2D eigenvalue weighted by Gasteiger charge is -2.32. The van der Waals surface area contributed by atoms with Crippen LogP contribution in [0.1, 0.15) is 47.8 Å². The Balaban J connectivity index is 2.30. The lowest BCUT2D eigenvalue weighted by molar-refractivity contribution is 0.00578. The van der Waals surface area contributed by atoms with Gasteiger partial charge in [-0.3, -0.25) is 4.79 Å². The number of rotatable bonds is 4. The molecule has 1 aromatic rings. The molecule has 2 rings (SSSR count). The zero-order chi connectivity index (χ0) is 15.8. The van der Waals surface area contributed by atoms with E-state index in [9.17, 15) is 9.90 Å². The summed E-state index contributed by atoms with van der Waals surface area (Å²) in [5, 5.41) is 9.65. The van der Waals surface area contributed by atoms with Crippen molar-refractivity contribution in [2.75, 3.05) is 6.61 Å². The van der Waals surface area contributed by atoms with Crippen LogP contribution in [-0.4, -0.2) is 36.3 Å². The third-order valence-corrected chi connectivity index (χ3v) is 5.26. The number of hydrogen-bond acceptors (Lipinski definition) is 5. The summed E-state index contributed by atoms with van der Waals surface area (Å²) in [4.78, 5) is 12.5. The highest BCUT2D eigenvalue weighted by molar-refractivity contribution is 7.14. The fourth-order valence-electron chi connectivity index (χ4n) is 2.07. The first-order chi connectivity index (χ1) is 9.70. The number of thiophene rings is 1. The van der Waals surface area contributed by atoms with Crippen LogP contribution >= 0.6 is 11.3 Å². The first kappa shape index (κ1) is 16.4. The van der Waals surface area contributed by atoms with Gasteiger partial charge in [-0.1, -0.05) is 0 Å². The molecule has 21 heavy (non-hydrogen) atoms. The van der Waals surface area contributed by atoms with Gasteiger partial charge in [-0.05, 0) is 57.8 Å². The summed E-state index contributed by atoms with van der Waals surface area (Å²) >= 11 is 1.40. The summed E-state index contributed by atoms with van der Waals surface area (Å²) in [5.74, 6) is 0. The molecule has 0 saturated carbocycles. The summed E-state index contributed by atoms with van der Waals surface area (Å²) in [7, 11) is -0.568. The molecule has 1 aliphatic rings. The third-order valence-electron chi connectivity index (χ3n) is 4.15. The number of aliphatic hydroxyl groups is 1. The molecule has 0 aromatic carbocycles. The average Bonchev–Trinajstić information content (AvgIpc) is 2.84. The second kappa shape index (κ2) is 5.68. The predicted octanol–water partition coefficient (Wildman–Crippen LogP) is 2.88. The van der Waals surface area contributed by atoms with Crippen LogP contribution in [0.25, 0.3) is 6.08 Å². The summed E-state index contributed by atoms with van der Waals surface area (Å²) in [6, 6.07) is 1.84. The molecule has 1 N–H and O–H groups in total. The maximum Gasteiger partial charge on any atom is 0.492 e. The first-order valence-electron chi connectivity index (χ1n) is 6.93. The van der Waals surface area contributed by atoms with E-state index in [0.29, 0.717) is 10.3 Å². The lowest BCUT2D eigenvalue weighted by atomic mass is 9.78. The average molecular weight is 308 g/mol. The van der Waals surface area contributed by atoms with Gasteiger partial charge in [0.25, 0.3) is 0 Å². The number of hydrogen-bond donors (Lipinski definition) is 1. The Morgan fingerprint density at radius 1 is 1.33 bits per heavy atom. The van der Waals surface area contributed by atoms with Gasteiger partial charge in [0.05, 0.1) is 22.7 Å². The zero-order valence-corrected chi connectivity index (χ0v) is 13.9. The van der Waals surface area contributed by atoms with Crippen molar-refractivity contribution < 1.29 is 19.2 Å². The Hall–Kier alpha value is -0.945. The van der Waals surface area contributed by atoms with E-state index in [1.54, 1.807) is 0 Å². The van der Waals surface area contributed by atoms with Crippen molar-refractivity contribution in [1.29, 1.82) is 0 Å².